The number of hydrogen-bond donors (Lipinski definition) is 0. The van der Waals surface area contributed by atoms with E-state index in [4.69, 9.17) is 9.47 Å². The lowest BCUT2D eigenvalue weighted by Crippen LogP contribution is -2.48. The van der Waals surface area contributed by atoms with Crippen LogP contribution < -0.4 is 4.74 Å². The van der Waals surface area contributed by atoms with Gasteiger partial charge in [-0.25, -0.2) is 4.68 Å². The van der Waals surface area contributed by atoms with Crippen LogP contribution in [0.1, 0.15) is 41.9 Å². The number of benzene rings is 1. The topological polar surface area (TPSA) is 72.7 Å². The van der Waals surface area contributed by atoms with E-state index in [1.807, 2.05) is 28.6 Å². The van der Waals surface area contributed by atoms with Crippen LogP contribution in [0.25, 0.3) is 0 Å². The lowest BCUT2D eigenvalue weighted by atomic mass is 10.1. The van der Waals surface area contributed by atoms with Crippen molar-refractivity contribution in [3.05, 3.63) is 41.7 Å². The Morgan fingerprint density at radius 3 is 2.55 bits per heavy atom. The maximum absolute atomic E-state index is 12.8. The third-order valence-electron chi connectivity index (χ3n) is 5.59. The van der Waals surface area contributed by atoms with Crippen molar-refractivity contribution < 1.29 is 14.3 Å². The van der Waals surface area contributed by atoms with Gasteiger partial charge in [-0.2, -0.15) is 0 Å². The molecule has 0 aliphatic carbocycles. The molecule has 1 aromatic heterocycles. The van der Waals surface area contributed by atoms with Crippen LogP contribution in [-0.2, 0) is 11.3 Å². The van der Waals surface area contributed by atoms with Gasteiger partial charge in [0.05, 0.1) is 18.8 Å². The molecular weight excluding hydrogens is 370 g/mol. The zero-order valence-electron chi connectivity index (χ0n) is 17.0. The van der Waals surface area contributed by atoms with Gasteiger partial charge in [0.2, 0.25) is 0 Å². The van der Waals surface area contributed by atoms with Crippen molar-refractivity contribution in [1.82, 2.24) is 24.8 Å². The maximum atomic E-state index is 12.8. The summed E-state index contributed by atoms with van der Waals surface area (Å²) in [5, 5.41) is 8.32. The van der Waals surface area contributed by atoms with Crippen LogP contribution in [0.3, 0.4) is 0 Å². The van der Waals surface area contributed by atoms with E-state index in [2.05, 4.69) is 27.3 Å². The molecule has 1 amide bonds. The molecule has 2 aliphatic rings. The Balaban J connectivity index is 1.27. The molecule has 0 radical (unpaired) electrons. The van der Waals surface area contributed by atoms with Crippen LogP contribution in [0.2, 0.25) is 0 Å². The molecular formula is C21H29N5O3. The summed E-state index contributed by atoms with van der Waals surface area (Å²) < 4.78 is 12.7. The van der Waals surface area contributed by atoms with Crippen molar-refractivity contribution in [2.24, 2.45) is 0 Å². The predicted molar refractivity (Wildman–Crippen MR) is 108 cm³/mol. The van der Waals surface area contributed by atoms with Crippen LogP contribution in [0, 0.1) is 0 Å². The largest absolute Gasteiger partial charge is 0.494 e. The van der Waals surface area contributed by atoms with Crippen molar-refractivity contribution in [3.63, 3.8) is 0 Å². The Morgan fingerprint density at radius 2 is 1.86 bits per heavy atom. The summed E-state index contributed by atoms with van der Waals surface area (Å²) in [5.74, 6) is 0.879. The van der Waals surface area contributed by atoms with Gasteiger partial charge >= 0.3 is 0 Å². The summed E-state index contributed by atoms with van der Waals surface area (Å²) in [5.41, 5.74) is 1.70. The molecule has 2 aliphatic heterocycles. The predicted octanol–water partition coefficient (Wildman–Crippen LogP) is 1.99. The minimum Gasteiger partial charge on any atom is -0.494 e. The first-order valence-corrected chi connectivity index (χ1v) is 10.5. The molecule has 0 bridgehead atoms. The summed E-state index contributed by atoms with van der Waals surface area (Å²) in [6.45, 7) is 8.15. The number of amides is 1. The molecule has 0 saturated carbocycles. The fourth-order valence-electron chi connectivity index (χ4n) is 3.89. The van der Waals surface area contributed by atoms with Crippen molar-refractivity contribution in [3.8, 4) is 5.75 Å². The number of ether oxygens (including phenoxy) is 2. The van der Waals surface area contributed by atoms with Gasteiger partial charge in [0.25, 0.3) is 5.91 Å². The molecule has 2 fully saturated rings. The van der Waals surface area contributed by atoms with Gasteiger partial charge in [-0.3, -0.25) is 9.69 Å². The molecule has 0 spiro atoms. The summed E-state index contributed by atoms with van der Waals surface area (Å²) in [7, 11) is 0. The Kier molecular flexibility index (Phi) is 6.41. The fraction of sp³-hybridized carbons (Fsp3) is 0.571. The quantitative estimate of drug-likeness (QED) is 0.740. The monoisotopic (exact) mass is 399 g/mol. The number of carbonyl (C=O) groups is 1. The molecule has 8 heteroatoms. The molecule has 156 valence electrons. The smallest absolute Gasteiger partial charge is 0.276 e. The van der Waals surface area contributed by atoms with E-state index in [0.717, 1.165) is 51.4 Å². The first-order chi connectivity index (χ1) is 14.2. The average Bonchev–Trinajstić information content (AvgIpc) is 3.26. The number of nitrogens with zero attached hydrogens (tertiary/aromatic N) is 5. The van der Waals surface area contributed by atoms with Gasteiger partial charge in [-0.15, -0.1) is 5.10 Å². The highest BCUT2D eigenvalue weighted by Crippen LogP contribution is 2.20. The van der Waals surface area contributed by atoms with Crippen LogP contribution in [-0.4, -0.2) is 76.7 Å². The lowest BCUT2D eigenvalue weighted by Gasteiger charge is -2.34. The normalized spacial score (nSPS) is 18.7. The van der Waals surface area contributed by atoms with Crippen LogP contribution in [0.4, 0.5) is 0 Å². The minimum absolute atomic E-state index is 0.0240. The number of carbonyl (C=O) groups excluding carboxylic acids is 1. The molecule has 0 unspecified atom stereocenters. The van der Waals surface area contributed by atoms with Crippen LogP contribution in [0.15, 0.2) is 30.5 Å². The summed E-state index contributed by atoms with van der Waals surface area (Å²) in [6, 6.07) is 8.53. The number of rotatable bonds is 6. The van der Waals surface area contributed by atoms with E-state index in [-0.39, 0.29) is 11.9 Å². The van der Waals surface area contributed by atoms with E-state index < -0.39 is 0 Å². The summed E-state index contributed by atoms with van der Waals surface area (Å²) in [6.07, 6.45) is 3.63. The van der Waals surface area contributed by atoms with Gasteiger partial charge in [0, 0.05) is 45.9 Å². The molecule has 1 aromatic carbocycles. The number of hydrogen-bond acceptors (Lipinski definition) is 6. The molecule has 2 aromatic rings. The van der Waals surface area contributed by atoms with E-state index in [1.54, 1.807) is 6.20 Å². The van der Waals surface area contributed by atoms with Crippen molar-refractivity contribution in [2.45, 2.75) is 32.4 Å². The van der Waals surface area contributed by atoms with Crippen LogP contribution in [0.5, 0.6) is 5.75 Å². The van der Waals surface area contributed by atoms with E-state index in [0.29, 0.717) is 25.4 Å². The van der Waals surface area contributed by atoms with Gasteiger partial charge in [0.1, 0.15) is 5.75 Å². The summed E-state index contributed by atoms with van der Waals surface area (Å²) >= 11 is 0. The second-order valence-corrected chi connectivity index (χ2v) is 7.57. The lowest BCUT2D eigenvalue weighted by molar-refractivity contribution is 0.0622. The SMILES string of the molecule is CCOc1ccc(CN2CCN(C(=O)c3cn(C4CCOCC4)nn3)CC2)cc1. The molecule has 2 saturated heterocycles. The van der Waals surface area contributed by atoms with Gasteiger partial charge in [-0.1, -0.05) is 17.3 Å². The summed E-state index contributed by atoms with van der Waals surface area (Å²) in [4.78, 5) is 17.1. The second kappa shape index (κ2) is 9.37. The Labute approximate surface area is 171 Å². The van der Waals surface area contributed by atoms with Gasteiger partial charge in [0.15, 0.2) is 5.69 Å². The highest BCUT2D eigenvalue weighted by Gasteiger charge is 2.25. The molecule has 0 atom stereocenters. The molecule has 8 nitrogen and oxygen atoms in total. The zero-order valence-corrected chi connectivity index (χ0v) is 17.0. The Morgan fingerprint density at radius 1 is 1.14 bits per heavy atom. The second-order valence-electron chi connectivity index (χ2n) is 7.57. The molecule has 0 N–H and O–H groups in total. The number of aromatic nitrogens is 3. The van der Waals surface area contributed by atoms with E-state index in [9.17, 15) is 4.79 Å². The molecule has 4 rings (SSSR count). The standard InChI is InChI=1S/C21H29N5O3/c1-2-29-19-5-3-17(4-6-19)15-24-9-11-25(12-10-24)21(27)20-16-26(23-22-20)18-7-13-28-14-8-18/h3-6,16,18H,2,7-15H2,1H3. The first-order valence-electron chi connectivity index (χ1n) is 10.5. The van der Waals surface area contributed by atoms with E-state index >= 15 is 0 Å². The Bertz CT molecular complexity index is 793. The van der Waals surface area contributed by atoms with Crippen molar-refractivity contribution >= 4 is 5.91 Å². The highest BCUT2D eigenvalue weighted by molar-refractivity contribution is 5.92. The van der Waals surface area contributed by atoms with Crippen LogP contribution >= 0.6 is 0 Å². The first kappa shape index (κ1) is 19.8. The van der Waals surface area contributed by atoms with Crippen molar-refractivity contribution in [1.29, 1.82) is 0 Å². The molecule has 3 heterocycles. The molecule has 29 heavy (non-hydrogen) atoms. The fourth-order valence-corrected chi connectivity index (χ4v) is 3.89. The highest BCUT2D eigenvalue weighted by atomic mass is 16.5. The maximum Gasteiger partial charge on any atom is 0.276 e. The van der Waals surface area contributed by atoms with Crippen molar-refractivity contribution in [2.75, 3.05) is 46.0 Å². The zero-order chi connectivity index (χ0) is 20.1. The Hall–Kier alpha value is -2.45. The average molecular weight is 399 g/mol. The third kappa shape index (κ3) is 4.94. The van der Waals surface area contributed by atoms with Gasteiger partial charge in [-0.05, 0) is 37.5 Å². The third-order valence-corrected chi connectivity index (χ3v) is 5.59. The van der Waals surface area contributed by atoms with Gasteiger partial charge < -0.3 is 14.4 Å². The van der Waals surface area contributed by atoms with E-state index in [1.165, 1.54) is 5.56 Å². The number of piperazine rings is 1. The minimum atomic E-state index is -0.0240.